The van der Waals surface area contributed by atoms with Crippen LogP contribution in [0.1, 0.15) is 45.4 Å². The van der Waals surface area contributed by atoms with Gasteiger partial charge in [0.1, 0.15) is 0 Å². The Bertz CT molecular complexity index is 430. The lowest BCUT2D eigenvalue weighted by Gasteiger charge is -2.56. The third-order valence-electron chi connectivity index (χ3n) is 5.37. The van der Waals surface area contributed by atoms with E-state index in [-0.39, 0.29) is 12.0 Å². The second-order valence-electron chi connectivity index (χ2n) is 7.43. The lowest BCUT2D eigenvalue weighted by Crippen LogP contribution is -2.48. The molecule has 0 aromatic carbocycles. The highest BCUT2D eigenvalue weighted by atomic mass is 16.6. The normalized spacial score (nSPS) is 36.3. The van der Waals surface area contributed by atoms with Crippen molar-refractivity contribution in [2.24, 2.45) is 23.2 Å². The van der Waals surface area contributed by atoms with Gasteiger partial charge in [-0.3, -0.25) is 0 Å². The zero-order chi connectivity index (χ0) is 15.0. The number of ether oxygens (including phenoxy) is 2. The van der Waals surface area contributed by atoms with E-state index >= 15 is 0 Å². The molecule has 4 aliphatic carbocycles. The van der Waals surface area contributed by atoms with Gasteiger partial charge in [0.05, 0.1) is 6.61 Å². The molecule has 0 spiro atoms. The van der Waals surface area contributed by atoms with E-state index in [1.165, 1.54) is 38.5 Å². The van der Waals surface area contributed by atoms with Crippen molar-refractivity contribution in [3.8, 4) is 0 Å². The second-order valence-corrected chi connectivity index (χ2v) is 7.43. The smallest absolute Gasteiger partial charge is 0.344 e. The van der Waals surface area contributed by atoms with Crippen LogP contribution in [0.4, 0.5) is 0 Å². The fourth-order valence-corrected chi connectivity index (χ4v) is 4.99. The first-order valence-corrected chi connectivity index (χ1v) is 7.94. The molecule has 0 N–H and O–H groups in total. The van der Waals surface area contributed by atoms with Crippen molar-refractivity contribution in [3.63, 3.8) is 0 Å². The Hall–Kier alpha value is -1.32. The standard InChI is InChI=1S/C17H24O4/c1-11(2)16(19)20-9-15(18)21-10-17-6-12-3-13(7-17)5-14(4-12)8-17/h12-14H,1,3-10H2,2H3. The van der Waals surface area contributed by atoms with E-state index in [9.17, 15) is 9.59 Å². The van der Waals surface area contributed by atoms with Gasteiger partial charge in [0.15, 0.2) is 6.61 Å². The van der Waals surface area contributed by atoms with Gasteiger partial charge in [0.2, 0.25) is 0 Å². The Labute approximate surface area is 125 Å². The van der Waals surface area contributed by atoms with E-state index in [4.69, 9.17) is 9.47 Å². The Morgan fingerprint density at radius 3 is 2.05 bits per heavy atom. The van der Waals surface area contributed by atoms with Crippen molar-refractivity contribution in [2.75, 3.05) is 13.2 Å². The highest BCUT2D eigenvalue weighted by Gasteiger charge is 2.51. The summed E-state index contributed by atoms with van der Waals surface area (Å²) in [5, 5.41) is 0. The summed E-state index contributed by atoms with van der Waals surface area (Å²) in [6.07, 6.45) is 7.75. The molecule has 0 saturated heterocycles. The summed E-state index contributed by atoms with van der Waals surface area (Å²) in [6.45, 7) is 5.23. The van der Waals surface area contributed by atoms with E-state index in [2.05, 4.69) is 6.58 Å². The van der Waals surface area contributed by atoms with Gasteiger partial charge in [-0.15, -0.1) is 0 Å². The van der Waals surface area contributed by atoms with Crippen LogP contribution in [0.5, 0.6) is 0 Å². The van der Waals surface area contributed by atoms with Crippen molar-refractivity contribution in [2.45, 2.75) is 45.4 Å². The van der Waals surface area contributed by atoms with E-state index in [1.54, 1.807) is 6.92 Å². The van der Waals surface area contributed by atoms with Crippen molar-refractivity contribution in [3.05, 3.63) is 12.2 Å². The molecule has 21 heavy (non-hydrogen) atoms. The molecule has 4 rings (SSSR count). The number of esters is 2. The van der Waals surface area contributed by atoms with Crippen LogP contribution in [0.25, 0.3) is 0 Å². The lowest BCUT2D eigenvalue weighted by molar-refractivity contribution is -0.164. The molecule has 4 heteroatoms. The first-order valence-electron chi connectivity index (χ1n) is 7.94. The van der Waals surface area contributed by atoms with Gasteiger partial charge in [-0.25, -0.2) is 9.59 Å². The molecule has 4 nitrogen and oxygen atoms in total. The summed E-state index contributed by atoms with van der Waals surface area (Å²) in [5.74, 6) is 1.55. The first-order chi connectivity index (χ1) is 9.96. The molecule has 0 aromatic rings. The second kappa shape index (κ2) is 5.47. The van der Waals surface area contributed by atoms with Crippen LogP contribution in [0, 0.1) is 23.2 Å². The predicted molar refractivity (Wildman–Crippen MR) is 77.3 cm³/mol. The summed E-state index contributed by atoms with van der Waals surface area (Å²) in [7, 11) is 0. The summed E-state index contributed by atoms with van der Waals surface area (Å²) in [6, 6.07) is 0. The van der Waals surface area contributed by atoms with Crippen molar-refractivity contribution >= 4 is 11.9 Å². The number of rotatable bonds is 5. The van der Waals surface area contributed by atoms with E-state index in [1.807, 2.05) is 0 Å². The van der Waals surface area contributed by atoms with Crippen LogP contribution in [0.15, 0.2) is 12.2 Å². The fourth-order valence-electron chi connectivity index (χ4n) is 4.99. The minimum atomic E-state index is -0.540. The van der Waals surface area contributed by atoms with Crippen LogP contribution >= 0.6 is 0 Å². The van der Waals surface area contributed by atoms with Crippen LogP contribution in [-0.2, 0) is 19.1 Å². The van der Waals surface area contributed by atoms with E-state index in [0.29, 0.717) is 12.2 Å². The molecule has 0 heterocycles. The largest absolute Gasteiger partial charge is 0.463 e. The summed E-state index contributed by atoms with van der Waals surface area (Å²) in [5.41, 5.74) is 0.506. The monoisotopic (exact) mass is 292 g/mol. The highest BCUT2D eigenvalue weighted by Crippen LogP contribution is 2.60. The van der Waals surface area contributed by atoms with Gasteiger partial charge < -0.3 is 9.47 Å². The topological polar surface area (TPSA) is 52.6 Å². The highest BCUT2D eigenvalue weighted by molar-refractivity contribution is 5.88. The van der Waals surface area contributed by atoms with Gasteiger partial charge in [-0.1, -0.05) is 6.58 Å². The maximum absolute atomic E-state index is 11.7. The van der Waals surface area contributed by atoms with Gasteiger partial charge in [0.25, 0.3) is 0 Å². The Morgan fingerprint density at radius 1 is 1.05 bits per heavy atom. The molecule has 0 amide bonds. The van der Waals surface area contributed by atoms with Crippen molar-refractivity contribution in [1.29, 1.82) is 0 Å². The average Bonchev–Trinajstić information content (AvgIpc) is 2.41. The molecule has 0 aromatic heterocycles. The Balaban J connectivity index is 1.48. The summed E-state index contributed by atoms with van der Waals surface area (Å²) < 4.78 is 10.2. The fraction of sp³-hybridized carbons (Fsp3) is 0.765. The summed E-state index contributed by atoms with van der Waals surface area (Å²) in [4.78, 5) is 23.0. The molecular formula is C17H24O4. The third-order valence-corrected chi connectivity index (χ3v) is 5.37. The SMILES string of the molecule is C=C(C)C(=O)OCC(=O)OCC12CC3CC(CC(C3)C1)C2. The zero-order valence-corrected chi connectivity index (χ0v) is 12.7. The lowest BCUT2D eigenvalue weighted by atomic mass is 9.50. The number of carbonyl (C=O) groups is 2. The molecule has 4 saturated carbocycles. The van der Waals surface area contributed by atoms with Crippen LogP contribution in [-0.4, -0.2) is 25.2 Å². The molecule has 4 aliphatic rings. The zero-order valence-electron chi connectivity index (χ0n) is 12.7. The maximum Gasteiger partial charge on any atom is 0.344 e. The van der Waals surface area contributed by atoms with Crippen molar-refractivity contribution < 1.29 is 19.1 Å². The van der Waals surface area contributed by atoms with Gasteiger partial charge in [0, 0.05) is 11.0 Å². The minimum absolute atomic E-state index is 0.211. The van der Waals surface area contributed by atoms with Gasteiger partial charge >= 0.3 is 11.9 Å². The first kappa shape index (κ1) is 14.6. The molecule has 0 radical (unpaired) electrons. The average molecular weight is 292 g/mol. The Kier molecular flexibility index (Phi) is 3.80. The van der Waals surface area contributed by atoms with Crippen LogP contribution < -0.4 is 0 Å². The predicted octanol–water partition coefficient (Wildman–Crippen LogP) is 2.87. The van der Waals surface area contributed by atoms with E-state index < -0.39 is 11.9 Å². The molecule has 116 valence electrons. The molecular weight excluding hydrogens is 268 g/mol. The van der Waals surface area contributed by atoms with Crippen molar-refractivity contribution in [1.82, 2.24) is 0 Å². The number of carbonyl (C=O) groups excluding carboxylic acids is 2. The minimum Gasteiger partial charge on any atom is -0.463 e. The third kappa shape index (κ3) is 3.14. The van der Waals surface area contributed by atoms with E-state index in [0.717, 1.165) is 17.8 Å². The maximum atomic E-state index is 11.7. The molecule has 4 bridgehead atoms. The van der Waals surface area contributed by atoms with Gasteiger partial charge in [-0.05, 0) is 63.2 Å². The quantitative estimate of drug-likeness (QED) is 0.577. The Morgan fingerprint density at radius 2 is 1.57 bits per heavy atom. The number of hydrogen-bond acceptors (Lipinski definition) is 4. The van der Waals surface area contributed by atoms with Gasteiger partial charge in [-0.2, -0.15) is 0 Å². The number of hydrogen-bond donors (Lipinski definition) is 0. The van der Waals surface area contributed by atoms with Crippen LogP contribution in [0.3, 0.4) is 0 Å². The molecule has 0 atom stereocenters. The summed E-state index contributed by atoms with van der Waals surface area (Å²) >= 11 is 0. The molecule has 0 aliphatic heterocycles. The molecule has 4 fully saturated rings. The van der Waals surface area contributed by atoms with Crippen LogP contribution in [0.2, 0.25) is 0 Å². The molecule has 0 unspecified atom stereocenters.